The summed E-state index contributed by atoms with van der Waals surface area (Å²) in [5.74, 6) is 1.73. The molecular weight excluding hydrogens is 158 g/mol. The first-order valence-electron chi connectivity index (χ1n) is 5.91. The molecule has 13 heavy (non-hydrogen) atoms. The third-order valence-electron chi connectivity index (χ3n) is 4.15. The van der Waals surface area contributed by atoms with Crippen LogP contribution in [0, 0.1) is 11.8 Å². The normalized spacial score (nSPS) is 30.5. The van der Waals surface area contributed by atoms with Gasteiger partial charge in [-0.05, 0) is 37.5 Å². The van der Waals surface area contributed by atoms with Crippen LogP contribution in [-0.4, -0.2) is 5.54 Å². The van der Waals surface area contributed by atoms with E-state index in [1.807, 2.05) is 0 Å². The Kier molecular flexibility index (Phi) is 3.78. The number of rotatable bonds is 3. The minimum Gasteiger partial charge on any atom is -0.325 e. The molecule has 78 valence electrons. The molecule has 0 aliphatic heterocycles. The van der Waals surface area contributed by atoms with Crippen molar-refractivity contribution in [1.29, 1.82) is 0 Å². The third-order valence-corrected chi connectivity index (χ3v) is 4.15. The average Bonchev–Trinajstić information content (AvgIpc) is 2.18. The van der Waals surface area contributed by atoms with E-state index in [4.69, 9.17) is 5.73 Å². The van der Waals surface area contributed by atoms with Crippen LogP contribution in [0.3, 0.4) is 0 Å². The summed E-state index contributed by atoms with van der Waals surface area (Å²) >= 11 is 0. The molecule has 0 bridgehead atoms. The second-order valence-corrected chi connectivity index (χ2v) is 4.90. The highest BCUT2D eigenvalue weighted by atomic mass is 14.8. The molecule has 0 radical (unpaired) electrons. The zero-order chi connectivity index (χ0) is 9.90. The van der Waals surface area contributed by atoms with E-state index in [2.05, 4.69) is 20.8 Å². The Labute approximate surface area is 83.1 Å². The first kappa shape index (κ1) is 11.0. The van der Waals surface area contributed by atoms with Gasteiger partial charge in [0.05, 0.1) is 0 Å². The molecule has 2 N–H and O–H groups in total. The van der Waals surface area contributed by atoms with Crippen LogP contribution in [-0.2, 0) is 0 Å². The van der Waals surface area contributed by atoms with Crippen LogP contribution in [0.15, 0.2) is 0 Å². The fraction of sp³-hybridized carbons (Fsp3) is 1.00. The van der Waals surface area contributed by atoms with Crippen molar-refractivity contribution in [2.45, 2.75) is 64.8 Å². The van der Waals surface area contributed by atoms with Gasteiger partial charge in [0.2, 0.25) is 0 Å². The summed E-state index contributed by atoms with van der Waals surface area (Å²) in [6.45, 7) is 6.84. The van der Waals surface area contributed by atoms with Crippen molar-refractivity contribution in [2.75, 3.05) is 0 Å². The monoisotopic (exact) mass is 183 g/mol. The summed E-state index contributed by atoms with van der Waals surface area (Å²) < 4.78 is 0. The zero-order valence-electron chi connectivity index (χ0n) is 9.47. The van der Waals surface area contributed by atoms with Gasteiger partial charge in [-0.2, -0.15) is 0 Å². The predicted octanol–water partition coefficient (Wildman–Crippen LogP) is 3.33. The highest BCUT2D eigenvalue weighted by Crippen LogP contribution is 2.37. The van der Waals surface area contributed by atoms with Gasteiger partial charge in [0, 0.05) is 5.54 Å². The molecule has 0 atom stereocenters. The molecule has 1 fully saturated rings. The molecule has 0 spiro atoms. The molecule has 1 saturated carbocycles. The Balaban J connectivity index is 2.51. The molecule has 0 saturated heterocycles. The van der Waals surface area contributed by atoms with E-state index in [0.717, 1.165) is 24.7 Å². The van der Waals surface area contributed by atoms with Crippen molar-refractivity contribution in [1.82, 2.24) is 0 Å². The summed E-state index contributed by atoms with van der Waals surface area (Å²) in [7, 11) is 0. The first-order valence-corrected chi connectivity index (χ1v) is 5.91. The van der Waals surface area contributed by atoms with E-state index >= 15 is 0 Å². The molecule has 1 aliphatic rings. The van der Waals surface area contributed by atoms with E-state index in [1.54, 1.807) is 0 Å². The van der Waals surface area contributed by atoms with Gasteiger partial charge in [-0.15, -0.1) is 0 Å². The summed E-state index contributed by atoms with van der Waals surface area (Å²) in [6, 6.07) is 0. The minimum atomic E-state index is 0.139. The van der Waals surface area contributed by atoms with Gasteiger partial charge in [0.1, 0.15) is 0 Å². The molecule has 0 unspecified atom stereocenters. The summed E-state index contributed by atoms with van der Waals surface area (Å²) in [4.78, 5) is 0. The van der Waals surface area contributed by atoms with Gasteiger partial charge in [-0.3, -0.25) is 0 Å². The lowest BCUT2D eigenvalue weighted by molar-refractivity contribution is 0.168. The van der Waals surface area contributed by atoms with Gasteiger partial charge in [-0.25, -0.2) is 0 Å². The van der Waals surface area contributed by atoms with E-state index in [9.17, 15) is 0 Å². The number of nitrogens with two attached hydrogens (primary N) is 1. The topological polar surface area (TPSA) is 26.0 Å². The smallest absolute Gasteiger partial charge is 0.0177 e. The fourth-order valence-corrected chi connectivity index (χ4v) is 2.66. The van der Waals surface area contributed by atoms with Crippen LogP contribution in [0.5, 0.6) is 0 Å². The standard InChI is InChI=1S/C12H25N/c1-4-12(13,5-2)11-8-6-10(3)7-9-11/h10-11H,4-9,13H2,1-3H3. The predicted molar refractivity (Wildman–Crippen MR) is 58.6 cm³/mol. The molecule has 0 aromatic rings. The Bertz CT molecular complexity index is 141. The van der Waals surface area contributed by atoms with Crippen LogP contribution >= 0.6 is 0 Å². The van der Waals surface area contributed by atoms with Crippen LogP contribution in [0.25, 0.3) is 0 Å². The lowest BCUT2D eigenvalue weighted by atomic mass is 9.70. The molecule has 0 amide bonds. The highest BCUT2D eigenvalue weighted by Gasteiger charge is 2.33. The van der Waals surface area contributed by atoms with Crippen molar-refractivity contribution >= 4 is 0 Å². The van der Waals surface area contributed by atoms with Crippen molar-refractivity contribution in [3.63, 3.8) is 0 Å². The van der Waals surface area contributed by atoms with Gasteiger partial charge < -0.3 is 5.73 Å². The third kappa shape index (κ3) is 2.46. The largest absolute Gasteiger partial charge is 0.325 e. The summed E-state index contributed by atoms with van der Waals surface area (Å²) in [5.41, 5.74) is 6.56. The van der Waals surface area contributed by atoms with Gasteiger partial charge in [0.25, 0.3) is 0 Å². The summed E-state index contributed by atoms with van der Waals surface area (Å²) in [6.07, 6.45) is 7.79. The fourth-order valence-electron chi connectivity index (χ4n) is 2.66. The van der Waals surface area contributed by atoms with Crippen molar-refractivity contribution in [3.8, 4) is 0 Å². The number of hydrogen-bond donors (Lipinski definition) is 1. The lowest BCUT2D eigenvalue weighted by Gasteiger charge is -2.40. The maximum atomic E-state index is 6.42. The quantitative estimate of drug-likeness (QED) is 0.713. The number of hydrogen-bond acceptors (Lipinski definition) is 1. The Morgan fingerprint density at radius 1 is 1.08 bits per heavy atom. The van der Waals surface area contributed by atoms with Gasteiger partial charge in [0.15, 0.2) is 0 Å². The van der Waals surface area contributed by atoms with E-state index in [0.29, 0.717) is 0 Å². The Morgan fingerprint density at radius 2 is 1.54 bits per heavy atom. The minimum absolute atomic E-state index is 0.139. The van der Waals surface area contributed by atoms with Crippen LogP contribution in [0.2, 0.25) is 0 Å². The Morgan fingerprint density at radius 3 is 1.92 bits per heavy atom. The molecule has 0 aromatic heterocycles. The van der Waals surface area contributed by atoms with E-state index in [-0.39, 0.29) is 5.54 Å². The molecule has 0 heterocycles. The molecule has 1 aliphatic carbocycles. The second kappa shape index (κ2) is 4.45. The van der Waals surface area contributed by atoms with Crippen LogP contribution in [0.4, 0.5) is 0 Å². The van der Waals surface area contributed by atoms with Crippen LogP contribution < -0.4 is 5.73 Å². The lowest BCUT2D eigenvalue weighted by Crippen LogP contribution is -2.47. The summed E-state index contributed by atoms with van der Waals surface area (Å²) in [5, 5.41) is 0. The SMILES string of the molecule is CCC(N)(CC)C1CCC(C)CC1. The first-order chi connectivity index (χ1) is 6.12. The molecule has 1 rings (SSSR count). The molecule has 1 nitrogen and oxygen atoms in total. The highest BCUT2D eigenvalue weighted by molar-refractivity contribution is 4.91. The molecule has 0 aromatic carbocycles. The average molecular weight is 183 g/mol. The van der Waals surface area contributed by atoms with E-state index < -0.39 is 0 Å². The van der Waals surface area contributed by atoms with E-state index in [1.165, 1.54) is 25.7 Å². The van der Waals surface area contributed by atoms with Crippen molar-refractivity contribution < 1.29 is 0 Å². The van der Waals surface area contributed by atoms with Crippen molar-refractivity contribution in [2.24, 2.45) is 17.6 Å². The Hall–Kier alpha value is -0.0400. The maximum Gasteiger partial charge on any atom is 0.0177 e. The van der Waals surface area contributed by atoms with Gasteiger partial charge in [-0.1, -0.05) is 33.6 Å². The molecule has 1 heteroatoms. The second-order valence-electron chi connectivity index (χ2n) is 4.90. The zero-order valence-corrected chi connectivity index (χ0v) is 9.47. The van der Waals surface area contributed by atoms with Gasteiger partial charge >= 0.3 is 0 Å². The van der Waals surface area contributed by atoms with Crippen LogP contribution in [0.1, 0.15) is 59.3 Å². The maximum absolute atomic E-state index is 6.42. The molecular formula is C12H25N. The van der Waals surface area contributed by atoms with Crippen molar-refractivity contribution in [3.05, 3.63) is 0 Å².